The highest BCUT2D eigenvalue weighted by molar-refractivity contribution is 6.30. The van der Waals surface area contributed by atoms with E-state index < -0.39 is 0 Å². The van der Waals surface area contributed by atoms with Gasteiger partial charge in [0.05, 0.1) is 12.2 Å². The molecule has 0 bridgehead atoms. The Bertz CT molecular complexity index is 776. The first-order valence-electron chi connectivity index (χ1n) is 7.52. The molecule has 120 valence electrons. The highest BCUT2D eigenvalue weighted by Gasteiger charge is 2.14. The Morgan fingerprint density at radius 1 is 1.26 bits per heavy atom. The number of aromatic nitrogens is 2. The molecule has 0 unspecified atom stereocenters. The number of nitriles is 1. The van der Waals surface area contributed by atoms with Gasteiger partial charge in [0.15, 0.2) is 0 Å². The van der Waals surface area contributed by atoms with Gasteiger partial charge in [-0.05, 0) is 42.7 Å². The SMILES string of the molecule is CCc1nn(CCOc2ccc(Cl)cc2)c(=O)c(C#N)c1CC. The van der Waals surface area contributed by atoms with Gasteiger partial charge in [-0.2, -0.15) is 10.4 Å². The molecule has 2 aromatic rings. The van der Waals surface area contributed by atoms with Crippen LogP contribution in [0.1, 0.15) is 30.7 Å². The summed E-state index contributed by atoms with van der Waals surface area (Å²) in [5.74, 6) is 0.670. The minimum absolute atomic E-state index is 0.186. The van der Waals surface area contributed by atoms with Crippen molar-refractivity contribution in [1.82, 2.24) is 9.78 Å². The first kappa shape index (κ1) is 17.0. The van der Waals surface area contributed by atoms with Crippen molar-refractivity contribution in [2.45, 2.75) is 33.2 Å². The third-order valence-corrected chi connectivity index (χ3v) is 3.78. The van der Waals surface area contributed by atoms with Crippen molar-refractivity contribution in [3.8, 4) is 11.8 Å². The van der Waals surface area contributed by atoms with Gasteiger partial charge in [0.2, 0.25) is 0 Å². The molecule has 6 heteroatoms. The minimum atomic E-state index is -0.360. The average Bonchev–Trinajstić information content (AvgIpc) is 2.57. The maximum atomic E-state index is 12.3. The molecule has 0 spiro atoms. The van der Waals surface area contributed by atoms with Crippen LogP contribution in [-0.2, 0) is 19.4 Å². The van der Waals surface area contributed by atoms with Gasteiger partial charge in [-0.25, -0.2) is 4.68 Å². The monoisotopic (exact) mass is 331 g/mol. The molecule has 0 aliphatic carbocycles. The molecule has 1 aromatic heterocycles. The molecule has 0 aliphatic heterocycles. The Morgan fingerprint density at radius 2 is 1.96 bits per heavy atom. The molecule has 5 nitrogen and oxygen atoms in total. The van der Waals surface area contributed by atoms with Crippen LogP contribution in [0.3, 0.4) is 0 Å². The number of aryl methyl sites for hydroxylation is 1. The summed E-state index contributed by atoms with van der Waals surface area (Å²) in [6.45, 7) is 4.45. The number of nitrogens with zero attached hydrogens (tertiary/aromatic N) is 3. The Labute approximate surface area is 140 Å². The summed E-state index contributed by atoms with van der Waals surface area (Å²) < 4.78 is 6.89. The number of hydrogen-bond acceptors (Lipinski definition) is 4. The molecule has 23 heavy (non-hydrogen) atoms. The van der Waals surface area contributed by atoms with Gasteiger partial charge in [0, 0.05) is 5.02 Å². The van der Waals surface area contributed by atoms with Crippen LogP contribution in [0.25, 0.3) is 0 Å². The molecule has 1 aromatic carbocycles. The lowest BCUT2D eigenvalue weighted by Crippen LogP contribution is -2.30. The lowest BCUT2D eigenvalue weighted by Gasteiger charge is -2.12. The van der Waals surface area contributed by atoms with Crippen molar-refractivity contribution in [2.75, 3.05) is 6.61 Å². The van der Waals surface area contributed by atoms with E-state index in [1.165, 1.54) is 4.68 Å². The van der Waals surface area contributed by atoms with E-state index in [2.05, 4.69) is 5.10 Å². The third kappa shape index (κ3) is 3.91. The second-order valence-electron chi connectivity index (χ2n) is 4.95. The van der Waals surface area contributed by atoms with Crippen LogP contribution in [0.4, 0.5) is 0 Å². The van der Waals surface area contributed by atoms with E-state index in [0.717, 1.165) is 11.3 Å². The van der Waals surface area contributed by atoms with Gasteiger partial charge in [-0.1, -0.05) is 25.4 Å². The van der Waals surface area contributed by atoms with Gasteiger partial charge in [0.25, 0.3) is 5.56 Å². The molecule has 0 atom stereocenters. The molecule has 0 amide bonds. The van der Waals surface area contributed by atoms with E-state index in [-0.39, 0.29) is 24.3 Å². The standard InChI is InChI=1S/C17H18ClN3O2/c1-3-14-15(11-19)17(22)21(20-16(14)4-2)9-10-23-13-7-5-12(18)6-8-13/h5-8H,3-4,9-10H2,1-2H3. The topological polar surface area (TPSA) is 67.9 Å². The lowest BCUT2D eigenvalue weighted by molar-refractivity contribution is 0.287. The summed E-state index contributed by atoms with van der Waals surface area (Å²) >= 11 is 5.82. The van der Waals surface area contributed by atoms with Crippen molar-refractivity contribution in [1.29, 1.82) is 5.26 Å². The smallest absolute Gasteiger partial charge is 0.285 e. The van der Waals surface area contributed by atoms with E-state index in [0.29, 0.717) is 23.6 Å². The van der Waals surface area contributed by atoms with Crippen molar-refractivity contribution >= 4 is 11.6 Å². The minimum Gasteiger partial charge on any atom is -0.492 e. The van der Waals surface area contributed by atoms with Crippen LogP contribution < -0.4 is 10.3 Å². The molecule has 0 saturated heterocycles. The first-order chi connectivity index (χ1) is 11.1. The fraction of sp³-hybridized carbons (Fsp3) is 0.353. The molecular weight excluding hydrogens is 314 g/mol. The van der Waals surface area contributed by atoms with Crippen LogP contribution in [0.2, 0.25) is 5.02 Å². The van der Waals surface area contributed by atoms with Crippen LogP contribution in [0.15, 0.2) is 29.1 Å². The van der Waals surface area contributed by atoms with Crippen molar-refractivity contribution in [3.05, 3.63) is 56.5 Å². The molecule has 2 rings (SSSR count). The zero-order valence-electron chi connectivity index (χ0n) is 13.2. The summed E-state index contributed by atoms with van der Waals surface area (Å²) in [6.07, 6.45) is 1.30. The number of halogens is 1. The summed E-state index contributed by atoms with van der Waals surface area (Å²) in [6, 6.07) is 9.01. The zero-order chi connectivity index (χ0) is 16.8. The van der Waals surface area contributed by atoms with Gasteiger partial charge in [-0.15, -0.1) is 0 Å². The van der Waals surface area contributed by atoms with E-state index >= 15 is 0 Å². The van der Waals surface area contributed by atoms with E-state index in [1.807, 2.05) is 19.9 Å². The summed E-state index contributed by atoms with van der Waals surface area (Å²) in [5, 5.41) is 14.3. The quantitative estimate of drug-likeness (QED) is 0.816. The number of rotatable bonds is 6. The third-order valence-electron chi connectivity index (χ3n) is 3.53. The van der Waals surface area contributed by atoms with Gasteiger partial charge in [0.1, 0.15) is 24.0 Å². The van der Waals surface area contributed by atoms with Crippen molar-refractivity contribution < 1.29 is 4.74 Å². The Hall–Kier alpha value is -2.32. The largest absolute Gasteiger partial charge is 0.492 e. The first-order valence-corrected chi connectivity index (χ1v) is 7.89. The summed E-state index contributed by atoms with van der Waals surface area (Å²) in [7, 11) is 0. The number of hydrogen-bond donors (Lipinski definition) is 0. The van der Waals surface area contributed by atoms with Gasteiger partial charge in [-0.3, -0.25) is 4.79 Å². The molecule has 0 fully saturated rings. The predicted octanol–water partition coefficient (Wildman–Crippen LogP) is 2.97. The molecular formula is C17H18ClN3O2. The molecule has 0 saturated carbocycles. The maximum Gasteiger partial charge on any atom is 0.285 e. The Kier molecular flexibility index (Phi) is 5.78. The second-order valence-corrected chi connectivity index (χ2v) is 5.39. The highest BCUT2D eigenvalue weighted by atomic mass is 35.5. The van der Waals surface area contributed by atoms with E-state index in [9.17, 15) is 10.1 Å². The fourth-order valence-electron chi connectivity index (χ4n) is 2.37. The lowest BCUT2D eigenvalue weighted by atomic mass is 10.0. The molecule has 0 N–H and O–H groups in total. The Morgan fingerprint density at radius 3 is 2.52 bits per heavy atom. The van der Waals surface area contributed by atoms with Gasteiger partial charge < -0.3 is 4.74 Å². The fourth-order valence-corrected chi connectivity index (χ4v) is 2.49. The second kappa shape index (κ2) is 7.80. The van der Waals surface area contributed by atoms with Crippen LogP contribution in [0.5, 0.6) is 5.75 Å². The molecule has 0 aliphatic rings. The molecule has 0 radical (unpaired) electrons. The van der Waals surface area contributed by atoms with E-state index in [1.54, 1.807) is 24.3 Å². The van der Waals surface area contributed by atoms with Crippen LogP contribution in [0, 0.1) is 11.3 Å². The zero-order valence-corrected chi connectivity index (χ0v) is 13.9. The Balaban J connectivity index is 2.18. The van der Waals surface area contributed by atoms with Crippen LogP contribution >= 0.6 is 11.6 Å². The normalized spacial score (nSPS) is 10.3. The molecule has 1 heterocycles. The van der Waals surface area contributed by atoms with Crippen molar-refractivity contribution in [2.24, 2.45) is 0 Å². The van der Waals surface area contributed by atoms with Gasteiger partial charge >= 0.3 is 0 Å². The maximum absolute atomic E-state index is 12.3. The number of benzene rings is 1. The highest BCUT2D eigenvalue weighted by Crippen LogP contribution is 2.15. The van der Waals surface area contributed by atoms with Crippen molar-refractivity contribution in [3.63, 3.8) is 0 Å². The summed E-state index contributed by atoms with van der Waals surface area (Å²) in [4.78, 5) is 12.3. The predicted molar refractivity (Wildman–Crippen MR) is 88.9 cm³/mol. The number of ether oxygens (including phenoxy) is 1. The van der Waals surface area contributed by atoms with Crippen LogP contribution in [-0.4, -0.2) is 16.4 Å². The summed E-state index contributed by atoms with van der Waals surface area (Å²) in [5.41, 5.74) is 1.36. The average molecular weight is 332 g/mol. The van der Waals surface area contributed by atoms with E-state index in [4.69, 9.17) is 16.3 Å².